The van der Waals surface area contributed by atoms with E-state index in [1.165, 1.54) is 13.2 Å². The molecule has 0 unspecified atom stereocenters. The second kappa shape index (κ2) is 3.87. The monoisotopic (exact) mass is 233 g/mol. The van der Waals surface area contributed by atoms with E-state index in [1.807, 2.05) is 0 Å². The molecule has 0 saturated heterocycles. The Bertz CT molecular complexity index is 604. The average molecular weight is 234 g/mol. The molecule has 2 aromatic rings. The maximum Gasteiger partial charge on any atom is 0.138 e. The summed E-state index contributed by atoms with van der Waals surface area (Å²) in [6.45, 7) is 0. The third-order valence-corrected chi connectivity index (χ3v) is 2.52. The van der Waals surface area contributed by atoms with Crippen molar-refractivity contribution in [1.82, 2.24) is 4.98 Å². The van der Waals surface area contributed by atoms with E-state index in [0.717, 1.165) is 0 Å². The number of rotatable bonds is 1. The van der Waals surface area contributed by atoms with Crippen LogP contribution in [0.5, 0.6) is 5.75 Å². The van der Waals surface area contributed by atoms with Crippen molar-refractivity contribution in [3.63, 3.8) is 0 Å². The Kier molecular flexibility index (Phi) is 2.55. The lowest BCUT2D eigenvalue weighted by atomic mass is 10.1. The van der Waals surface area contributed by atoms with Crippen LogP contribution in [0.15, 0.2) is 18.2 Å². The van der Waals surface area contributed by atoms with Crippen LogP contribution in [0.3, 0.4) is 0 Å². The van der Waals surface area contributed by atoms with E-state index in [-0.39, 0.29) is 0 Å². The van der Waals surface area contributed by atoms with Crippen LogP contribution in [-0.4, -0.2) is 12.1 Å². The summed E-state index contributed by atoms with van der Waals surface area (Å²) >= 11 is 5.96. The smallest absolute Gasteiger partial charge is 0.138 e. The first-order chi connectivity index (χ1) is 7.65. The van der Waals surface area contributed by atoms with Crippen molar-refractivity contribution in [3.8, 4) is 11.8 Å². The van der Waals surface area contributed by atoms with Gasteiger partial charge in [-0.3, -0.25) is 0 Å². The fraction of sp³-hybridized carbons (Fsp3) is 0.0909. The Morgan fingerprint density at radius 1 is 1.44 bits per heavy atom. The summed E-state index contributed by atoms with van der Waals surface area (Å²) in [6.07, 6.45) is 0. The quantitative estimate of drug-likeness (QED) is 0.821. The predicted octanol–water partition coefficient (Wildman–Crippen LogP) is 2.35. The Hall–Kier alpha value is -1.99. The summed E-state index contributed by atoms with van der Waals surface area (Å²) in [5, 5.41) is 10.1. The van der Waals surface area contributed by atoms with Gasteiger partial charge in [-0.1, -0.05) is 11.6 Å². The number of nitrogens with two attached hydrogens (primary N) is 1. The molecule has 0 radical (unpaired) electrons. The normalized spacial score (nSPS) is 10.1. The summed E-state index contributed by atoms with van der Waals surface area (Å²) in [7, 11) is 1.52. The molecule has 0 fully saturated rings. The maximum atomic E-state index is 8.99. The van der Waals surface area contributed by atoms with Crippen molar-refractivity contribution in [2.75, 3.05) is 12.8 Å². The van der Waals surface area contributed by atoms with Crippen LogP contribution < -0.4 is 10.5 Å². The van der Waals surface area contributed by atoms with Crippen molar-refractivity contribution in [2.24, 2.45) is 0 Å². The largest absolute Gasteiger partial charge is 0.495 e. The van der Waals surface area contributed by atoms with Gasteiger partial charge in [0.05, 0.1) is 29.3 Å². The number of halogens is 1. The highest BCUT2D eigenvalue weighted by Gasteiger charge is 2.09. The van der Waals surface area contributed by atoms with Crippen LogP contribution in [0.1, 0.15) is 5.56 Å². The van der Waals surface area contributed by atoms with Gasteiger partial charge >= 0.3 is 0 Å². The molecular formula is C11H8ClN3O. The number of nitrogens with zero attached hydrogens (tertiary/aromatic N) is 2. The van der Waals surface area contributed by atoms with E-state index in [9.17, 15) is 0 Å². The number of aromatic nitrogens is 1. The lowest BCUT2D eigenvalue weighted by molar-refractivity contribution is 0.415. The Balaban J connectivity index is 2.86. The third kappa shape index (κ3) is 1.62. The molecule has 0 aliphatic rings. The van der Waals surface area contributed by atoms with Gasteiger partial charge in [-0.05, 0) is 18.2 Å². The van der Waals surface area contributed by atoms with E-state index in [4.69, 9.17) is 27.3 Å². The minimum absolute atomic E-state index is 0.297. The van der Waals surface area contributed by atoms with Crippen LogP contribution in [0.4, 0.5) is 5.82 Å². The number of fused-ring (bicyclic) bond motifs is 1. The Labute approximate surface area is 97.2 Å². The van der Waals surface area contributed by atoms with Crippen molar-refractivity contribution in [1.29, 1.82) is 5.26 Å². The van der Waals surface area contributed by atoms with Crippen molar-refractivity contribution >= 4 is 28.3 Å². The molecular weight excluding hydrogens is 226 g/mol. The van der Waals surface area contributed by atoms with Crippen molar-refractivity contribution < 1.29 is 4.74 Å². The number of hydrogen-bond acceptors (Lipinski definition) is 4. The summed E-state index contributed by atoms with van der Waals surface area (Å²) in [5.74, 6) is 0.808. The summed E-state index contributed by atoms with van der Waals surface area (Å²) in [5.41, 5.74) is 6.63. The van der Waals surface area contributed by atoms with Crippen LogP contribution in [0.25, 0.3) is 10.9 Å². The van der Waals surface area contributed by atoms with Gasteiger partial charge in [-0.15, -0.1) is 0 Å². The van der Waals surface area contributed by atoms with Crippen LogP contribution in [-0.2, 0) is 0 Å². The first-order valence-electron chi connectivity index (χ1n) is 4.49. The Morgan fingerprint density at radius 3 is 2.81 bits per heavy atom. The number of ether oxygens (including phenoxy) is 1. The molecule has 2 N–H and O–H groups in total. The molecule has 1 aromatic heterocycles. The average Bonchev–Trinajstić information content (AvgIpc) is 2.26. The standard InChI is InChI=1S/C11H8ClN3O/c1-16-10-3-7-6(5-13)2-11(14)15-9(7)4-8(10)12/h2-4H,1H3,(H2,14,15). The molecule has 1 aromatic carbocycles. The fourth-order valence-electron chi connectivity index (χ4n) is 1.50. The van der Waals surface area contributed by atoms with Gasteiger partial charge in [-0.25, -0.2) is 4.98 Å². The Morgan fingerprint density at radius 2 is 2.19 bits per heavy atom. The van der Waals surface area contributed by atoms with Gasteiger partial charge in [0.2, 0.25) is 0 Å². The molecule has 2 rings (SSSR count). The maximum absolute atomic E-state index is 8.99. The number of nitriles is 1. The number of hydrogen-bond donors (Lipinski definition) is 1. The number of anilines is 1. The van der Waals surface area contributed by atoms with Crippen molar-refractivity contribution in [3.05, 3.63) is 28.8 Å². The van der Waals surface area contributed by atoms with Crippen LogP contribution >= 0.6 is 11.6 Å². The zero-order valence-electron chi connectivity index (χ0n) is 8.49. The molecule has 0 aliphatic carbocycles. The summed E-state index contributed by atoms with van der Waals surface area (Å²) in [6, 6.07) is 6.90. The van der Waals surface area contributed by atoms with Gasteiger partial charge in [0, 0.05) is 5.39 Å². The summed E-state index contributed by atoms with van der Waals surface area (Å²) < 4.78 is 5.08. The van der Waals surface area contributed by atoms with E-state index >= 15 is 0 Å². The lowest BCUT2D eigenvalue weighted by Gasteiger charge is -2.06. The number of pyridine rings is 1. The van der Waals surface area contributed by atoms with E-state index in [2.05, 4.69) is 11.1 Å². The first kappa shape index (κ1) is 10.5. The van der Waals surface area contributed by atoms with Gasteiger partial charge in [0.1, 0.15) is 11.6 Å². The highest BCUT2D eigenvalue weighted by atomic mass is 35.5. The molecule has 1 heterocycles. The molecule has 4 nitrogen and oxygen atoms in total. The molecule has 0 spiro atoms. The second-order valence-electron chi connectivity index (χ2n) is 3.21. The third-order valence-electron chi connectivity index (χ3n) is 2.22. The number of benzene rings is 1. The lowest BCUT2D eigenvalue weighted by Crippen LogP contribution is -1.94. The molecule has 0 saturated carbocycles. The van der Waals surface area contributed by atoms with Crippen molar-refractivity contribution in [2.45, 2.75) is 0 Å². The highest BCUT2D eigenvalue weighted by molar-refractivity contribution is 6.32. The zero-order chi connectivity index (χ0) is 11.7. The van der Waals surface area contributed by atoms with E-state index in [0.29, 0.717) is 33.1 Å². The predicted molar refractivity (Wildman–Crippen MR) is 62.4 cm³/mol. The fourth-order valence-corrected chi connectivity index (χ4v) is 1.73. The molecule has 5 heteroatoms. The second-order valence-corrected chi connectivity index (χ2v) is 3.62. The van der Waals surface area contributed by atoms with Crippen LogP contribution in [0.2, 0.25) is 5.02 Å². The van der Waals surface area contributed by atoms with E-state index in [1.54, 1.807) is 12.1 Å². The zero-order valence-corrected chi connectivity index (χ0v) is 9.25. The minimum atomic E-state index is 0.297. The molecule has 0 bridgehead atoms. The first-order valence-corrected chi connectivity index (χ1v) is 4.87. The highest BCUT2D eigenvalue weighted by Crippen LogP contribution is 2.31. The molecule has 16 heavy (non-hydrogen) atoms. The molecule has 0 aliphatic heterocycles. The number of nitrogen functional groups attached to an aromatic ring is 1. The topological polar surface area (TPSA) is 71.9 Å². The van der Waals surface area contributed by atoms with Gasteiger partial charge in [0.25, 0.3) is 0 Å². The van der Waals surface area contributed by atoms with Crippen LogP contribution in [0, 0.1) is 11.3 Å². The minimum Gasteiger partial charge on any atom is -0.495 e. The number of methoxy groups -OCH3 is 1. The summed E-state index contributed by atoms with van der Waals surface area (Å²) in [4.78, 5) is 4.11. The van der Waals surface area contributed by atoms with E-state index < -0.39 is 0 Å². The SMILES string of the molecule is COc1cc2c(C#N)cc(N)nc2cc1Cl. The molecule has 0 amide bonds. The molecule has 80 valence electrons. The van der Waals surface area contributed by atoms with Gasteiger partial charge < -0.3 is 10.5 Å². The molecule has 0 atom stereocenters. The van der Waals surface area contributed by atoms with Gasteiger partial charge in [-0.2, -0.15) is 5.26 Å². The van der Waals surface area contributed by atoms with Gasteiger partial charge in [0.15, 0.2) is 0 Å².